The van der Waals surface area contributed by atoms with E-state index in [1.54, 1.807) is 6.07 Å². The lowest BCUT2D eigenvalue weighted by Gasteiger charge is -2.27. The summed E-state index contributed by atoms with van der Waals surface area (Å²) < 4.78 is 0. The summed E-state index contributed by atoms with van der Waals surface area (Å²) in [4.78, 5) is 0. The molecule has 0 heterocycles. The molecule has 0 atom stereocenters. The molecule has 76 valence electrons. The number of hydrogen-bond donors (Lipinski definition) is 1. The molecule has 1 N–H and O–H groups in total. The fourth-order valence-corrected chi connectivity index (χ4v) is 2.37. The standard InChI is InChI=1S/C14H14O/c15-12-7-8-14-11(9-12)5-2-6-13(14)10-3-1-4-10/h2,5-10,15H,1,3-4H2. The number of hydrogen-bond acceptors (Lipinski definition) is 1. The number of rotatable bonds is 1. The highest BCUT2D eigenvalue weighted by Gasteiger charge is 2.20. The van der Waals surface area contributed by atoms with Crippen LogP contribution in [0.5, 0.6) is 5.75 Å². The average molecular weight is 198 g/mol. The molecule has 0 bridgehead atoms. The summed E-state index contributed by atoms with van der Waals surface area (Å²) in [6, 6.07) is 12.1. The summed E-state index contributed by atoms with van der Waals surface area (Å²) in [6.45, 7) is 0. The van der Waals surface area contributed by atoms with Crippen LogP contribution in [0, 0.1) is 0 Å². The van der Waals surface area contributed by atoms with Gasteiger partial charge in [0.15, 0.2) is 0 Å². The zero-order valence-corrected chi connectivity index (χ0v) is 8.61. The van der Waals surface area contributed by atoms with Crippen molar-refractivity contribution in [1.29, 1.82) is 0 Å². The zero-order valence-electron chi connectivity index (χ0n) is 8.61. The Balaban J connectivity index is 2.21. The first-order valence-corrected chi connectivity index (χ1v) is 5.56. The highest BCUT2D eigenvalue weighted by molar-refractivity contribution is 5.87. The maximum Gasteiger partial charge on any atom is 0.116 e. The van der Waals surface area contributed by atoms with Crippen molar-refractivity contribution < 1.29 is 5.11 Å². The highest BCUT2D eigenvalue weighted by atomic mass is 16.3. The van der Waals surface area contributed by atoms with Crippen molar-refractivity contribution in [2.75, 3.05) is 0 Å². The second-order valence-corrected chi connectivity index (χ2v) is 4.38. The molecule has 1 aliphatic carbocycles. The first-order chi connectivity index (χ1) is 7.34. The molecule has 0 aromatic heterocycles. The average Bonchev–Trinajstić information content (AvgIpc) is 2.15. The molecular formula is C14H14O. The van der Waals surface area contributed by atoms with Gasteiger partial charge in [-0.15, -0.1) is 0 Å². The third-order valence-corrected chi connectivity index (χ3v) is 3.44. The molecule has 2 aromatic carbocycles. The topological polar surface area (TPSA) is 20.2 Å². The van der Waals surface area contributed by atoms with Crippen LogP contribution in [0.15, 0.2) is 36.4 Å². The molecule has 0 spiro atoms. The predicted octanol–water partition coefficient (Wildman–Crippen LogP) is 3.81. The van der Waals surface area contributed by atoms with Gasteiger partial charge >= 0.3 is 0 Å². The smallest absolute Gasteiger partial charge is 0.116 e. The Kier molecular flexibility index (Phi) is 1.91. The molecule has 1 nitrogen and oxygen atoms in total. The molecule has 1 heteroatoms. The fourth-order valence-electron chi connectivity index (χ4n) is 2.37. The van der Waals surface area contributed by atoms with Crippen LogP contribution in [0.1, 0.15) is 30.7 Å². The molecule has 3 rings (SSSR count). The Labute approximate surface area is 89.4 Å². The molecule has 2 aromatic rings. The lowest BCUT2D eigenvalue weighted by Crippen LogP contribution is -2.08. The minimum absolute atomic E-state index is 0.355. The molecule has 0 saturated heterocycles. The first-order valence-electron chi connectivity index (χ1n) is 5.56. The van der Waals surface area contributed by atoms with Gasteiger partial charge in [-0.05, 0) is 47.2 Å². The van der Waals surface area contributed by atoms with Crippen molar-refractivity contribution in [3.8, 4) is 5.75 Å². The Morgan fingerprint density at radius 1 is 1.07 bits per heavy atom. The summed E-state index contributed by atoms with van der Waals surface area (Å²) in [5, 5.41) is 11.9. The maximum atomic E-state index is 9.43. The first kappa shape index (κ1) is 8.78. The van der Waals surface area contributed by atoms with Crippen molar-refractivity contribution in [2.45, 2.75) is 25.2 Å². The van der Waals surface area contributed by atoms with E-state index in [9.17, 15) is 5.11 Å². The normalized spacial score (nSPS) is 16.5. The Bertz CT molecular complexity index is 498. The van der Waals surface area contributed by atoms with Crippen molar-refractivity contribution in [2.24, 2.45) is 0 Å². The van der Waals surface area contributed by atoms with Gasteiger partial charge in [-0.2, -0.15) is 0 Å². The quantitative estimate of drug-likeness (QED) is 0.738. The van der Waals surface area contributed by atoms with Gasteiger partial charge in [0.05, 0.1) is 0 Å². The van der Waals surface area contributed by atoms with Crippen molar-refractivity contribution in [1.82, 2.24) is 0 Å². The number of aromatic hydroxyl groups is 1. The van der Waals surface area contributed by atoms with Gasteiger partial charge in [0.25, 0.3) is 0 Å². The largest absolute Gasteiger partial charge is 0.508 e. The van der Waals surface area contributed by atoms with Crippen molar-refractivity contribution in [3.05, 3.63) is 42.0 Å². The van der Waals surface area contributed by atoms with E-state index >= 15 is 0 Å². The number of fused-ring (bicyclic) bond motifs is 1. The maximum absolute atomic E-state index is 9.43. The molecule has 0 amide bonds. The van der Waals surface area contributed by atoms with Crippen LogP contribution in [0.4, 0.5) is 0 Å². The second-order valence-electron chi connectivity index (χ2n) is 4.38. The summed E-state index contributed by atoms with van der Waals surface area (Å²) in [7, 11) is 0. The minimum atomic E-state index is 0.355. The van der Waals surface area contributed by atoms with Gasteiger partial charge in [-0.1, -0.05) is 30.7 Å². The van der Waals surface area contributed by atoms with Gasteiger partial charge in [-0.25, -0.2) is 0 Å². The molecule has 1 saturated carbocycles. The van der Waals surface area contributed by atoms with Gasteiger partial charge in [0.1, 0.15) is 5.75 Å². The van der Waals surface area contributed by atoms with E-state index in [4.69, 9.17) is 0 Å². The van der Waals surface area contributed by atoms with E-state index in [2.05, 4.69) is 18.2 Å². The van der Waals surface area contributed by atoms with E-state index in [-0.39, 0.29) is 0 Å². The van der Waals surface area contributed by atoms with Crippen LogP contribution in [0.2, 0.25) is 0 Å². The van der Waals surface area contributed by atoms with Crippen LogP contribution in [-0.2, 0) is 0 Å². The molecule has 0 aliphatic heterocycles. The number of phenols is 1. The van der Waals surface area contributed by atoms with Crippen LogP contribution < -0.4 is 0 Å². The van der Waals surface area contributed by atoms with Crippen molar-refractivity contribution in [3.63, 3.8) is 0 Å². The minimum Gasteiger partial charge on any atom is -0.508 e. The van der Waals surface area contributed by atoms with E-state index in [0.29, 0.717) is 5.75 Å². The number of phenolic OH excluding ortho intramolecular Hbond substituents is 1. The highest BCUT2D eigenvalue weighted by Crippen LogP contribution is 2.39. The van der Waals surface area contributed by atoms with E-state index in [1.165, 1.54) is 30.2 Å². The Morgan fingerprint density at radius 2 is 1.93 bits per heavy atom. The fraction of sp³-hybridized carbons (Fsp3) is 0.286. The van der Waals surface area contributed by atoms with Crippen LogP contribution in [0.3, 0.4) is 0 Å². The third kappa shape index (κ3) is 1.39. The summed E-state index contributed by atoms with van der Waals surface area (Å²) in [5.41, 5.74) is 1.46. The monoisotopic (exact) mass is 198 g/mol. The van der Waals surface area contributed by atoms with Crippen LogP contribution in [0.25, 0.3) is 10.8 Å². The molecular weight excluding hydrogens is 184 g/mol. The molecule has 0 radical (unpaired) electrons. The van der Waals surface area contributed by atoms with E-state index in [0.717, 1.165) is 11.3 Å². The van der Waals surface area contributed by atoms with E-state index in [1.807, 2.05) is 12.1 Å². The lowest BCUT2D eigenvalue weighted by molar-refractivity contribution is 0.422. The van der Waals surface area contributed by atoms with Gasteiger partial charge in [0, 0.05) is 0 Å². The predicted molar refractivity (Wildman–Crippen MR) is 62.2 cm³/mol. The van der Waals surface area contributed by atoms with E-state index < -0.39 is 0 Å². The van der Waals surface area contributed by atoms with Crippen LogP contribution >= 0.6 is 0 Å². The van der Waals surface area contributed by atoms with Gasteiger partial charge < -0.3 is 5.11 Å². The Hall–Kier alpha value is -1.50. The molecule has 1 fully saturated rings. The SMILES string of the molecule is Oc1ccc2c(C3CCC3)cccc2c1. The number of benzene rings is 2. The van der Waals surface area contributed by atoms with Gasteiger partial charge in [0.2, 0.25) is 0 Å². The lowest BCUT2D eigenvalue weighted by atomic mass is 9.78. The third-order valence-electron chi connectivity index (χ3n) is 3.44. The second kappa shape index (κ2) is 3.27. The molecule has 1 aliphatic rings. The Morgan fingerprint density at radius 3 is 2.67 bits per heavy atom. The molecule has 15 heavy (non-hydrogen) atoms. The molecule has 0 unspecified atom stereocenters. The van der Waals surface area contributed by atoms with Gasteiger partial charge in [-0.3, -0.25) is 0 Å². The van der Waals surface area contributed by atoms with Crippen molar-refractivity contribution >= 4 is 10.8 Å². The van der Waals surface area contributed by atoms with Crippen LogP contribution in [-0.4, -0.2) is 5.11 Å². The summed E-state index contributed by atoms with van der Waals surface area (Å²) in [5.74, 6) is 1.10. The summed E-state index contributed by atoms with van der Waals surface area (Å²) >= 11 is 0. The summed E-state index contributed by atoms with van der Waals surface area (Å²) in [6.07, 6.45) is 4.00. The zero-order chi connectivity index (χ0) is 10.3.